The number of aromatic nitrogens is 2. The van der Waals surface area contributed by atoms with Crippen LogP contribution < -0.4 is 4.57 Å². The van der Waals surface area contributed by atoms with Gasteiger partial charge >= 0.3 is 0 Å². The minimum atomic E-state index is 0.121. The summed E-state index contributed by atoms with van der Waals surface area (Å²) in [5.74, 6) is 1.76. The monoisotopic (exact) mass is 501 g/mol. The van der Waals surface area contributed by atoms with Crippen molar-refractivity contribution in [3.05, 3.63) is 76.4 Å². The first-order valence-corrected chi connectivity index (χ1v) is 14.4. The first-order valence-electron chi connectivity index (χ1n) is 14.4. The first-order chi connectivity index (χ1) is 16.9. The van der Waals surface area contributed by atoms with Crippen molar-refractivity contribution in [2.24, 2.45) is 0 Å². The van der Waals surface area contributed by atoms with E-state index in [9.17, 15) is 0 Å². The van der Waals surface area contributed by atoms with Gasteiger partial charge in [-0.3, -0.25) is 0 Å². The van der Waals surface area contributed by atoms with Crippen molar-refractivity contribution < 1.29 is 4.57 Å². The lowest BCUT2D eigenvalue weighted by atomic mass is 9.81. The minimum Gasteiger partial charge on any atom is -0.201 e. The van der Waals surface area contributed by atoms with Gasteiger partial charge in [0.1, 0.15) is 23.8 Å². The van der Waals surface area contributed by atoms with Crippen LogP contribution in [0.15, 0.2) is 43.0 Å². The normalized spacial score (nSPS) is 13.0. The highest BCUT2D eigenvalue weighted by Crippen LogP contribution is 2.37. The summed E-state index contributed by atoms with van der Waals surface area (Å²) in [4.78, 5) is 0. The lowest BCUT2D eigenvalue weighted by molar-refractivity contribution is -0.596. The summed E-state index contributed by atoms with van der Waals surface area (Å²) in [5.41, 5.74) is 11.5. The number of nitrogens with zero attached hydrogens (tertiary/aromatic N) is 2. The molecule has 0 unspecified atom stereocenters. The molecule has 2 aromatic carbocycles. The van der Waals surface area contributed by atoms with E-state index < -0.39 is 0 Å². The van der Waals surface area contributed by atoms with Gasteiger partial charge in [-0.2, -0.15) is 0 Å². The zero-order valence-corrected chi connectivity index (χ0v) is 26.2. The highest BCUT2D eigenvalue weighted by Gasteiger charge is 2.28. The molecule has 1 heterocycles. The maximum atomic E-state index is 2.45. The molecular weight excluding hydrogens is 448 g/mol. The molecule has 2 heteroatoms. The molecule has 3 rings (SSSR count). The van der Waals surface area contributed by atoms with Crippen molar-refractivity contribution in [2.75, 3.05) is 0 Å². The summed E-state index contributed by atoms with van der Waals surface area (Å²) in [5, 5.41) is 0. The second-order valence-electron chi connectivity index (χ2n) is 14.4. The van der Waals surface area contributed by atoms with Crippen LogP contribution in [0, 0.1) is 0 Å². The fourth-order valence-electron chi connectivity index (χ4n) is 5.20. The Morgan fingerprint density at radius 1 is 0.568 bits per heavy atom. The summed E-state index contributed by atoms with van der Waals surface area (Å²) < 4.78 is 4.76. The van der Waals surface area contributed by atoms with Crippen molar-refractivity contribution >= 4 is 0 Å². The maximum Gasteiger partial charge on any atom is 0.254 e. The van der Waals surface area contributed by atoms with Crippen molar-refractivity contribution in [1.82, 2.24) is 4.57 Å². The molecule has 0 saturated carbocycles. The zero-order chi connectivity index (χ0) is 28.0. The predicted octanol–water partition coefficient (Wildman–Crippen LogP) is 9.84. The third-order valence-electron chi connectivity index (χ3n) is 7.71. The molecule has 0 spiro atoms. The molecule has 0 bridgehead atoms. The summed E-state index contributed by atoms with van der Waals surface area (Å²) >= 11 is 0. The van der Waals surface area contributed by atoms with E-state index in [1.54, 1.807) is 0 Å². The van der Waals surface area contributed by atoms with Crippen LogP contribution in [-0.4, -0.2) is 4.57 Å². The molecular formula is C35H53N2+. The van der Waals surface area contributed by atoms with Crippen molar-refractivity contribution in [3.8, 4) is 11.4 Å². The SMILES string of the molecule is CC(C)c1cc(C(C)(C)C)cc(C(C)C)c1-n1cc[n+](-c2c(C(C)C)cc(C(C)(C)C)cc2C(C)C)c1. The molecule has 3 aromatic rings. The standard InChI is InChI=1S/C35H53N2/c1-22(2)28-17-26(34(9,10)11)18-29(23(3)4)32(28)36-15-16-37(21-36)33-30(24(5)6)19-27(35(12,13)14)20-31(33)25(7)8/h15-25H,1-14H3/q+1. The first kappa shape index (κ1) is 29.2. The molecule has 0 radical (unpaired) electrons. The van der Waals surface area contributed by atoms with Gasteiger partial charge in [-0.15, -0.1) is 0 Å². The van der Waals surface area contributed by atoms with Gasteiger partial charge in [0.15, 0.2) is 0 Å². The number of hydrogen-bond acceptors (Lipinski definition) is 0. The average Bonchev–Trinajstić information content (AvgIpc) is 3.25. The van der Waals surface area contributed by atoms with Gasteiger partial charge in [0, 0.05) is 22.3 Å². The van der Waals surface area contributed by atoms with E-state index >= 15 is 0 Å². The third kappa shape index (κ3) is 6.05. The molecule has 0 amide bonds. The Balaban J connectivity index is 2.33. The molecule has 0 fully saturated rings. The topological polar surface area (TPSA) is 8.81 Å². The van der Waals surface area contributed by atoms with E-state index in [1.165, 1.54) is 44.8 Å². The molecule has 0 saturated heterocycles. The Bertz CT molecular complexity index is 1080. The van der Waals surface area contributed by atoms with Crippen LogP contribution in [0.2, 0.25) is 0 Å². The zero-order valence-electron chi connectivity index (χ0n) is 26.2. The van der Waals surface area contributed by atoms with E-state index in [-0.39, 0.29) is 10.8 Å². The highest BCUT2D eigenvalue weighted by molar-refractivity contribution is 5.55. The van der Waals surface area contributed by atoms with Gasteiger partial charge < -0.3 is 0 Å². The van der Waals surface area contributed by atoms with Crippen LogP contribution in [0.3, 0.4) is 0 Å². The quantitative estimate of drug-likeness (QED) is 0.297. The van der Waals surface area contributed by atoms with Gasteiger partial charge in [0.2, 0.25) is 0 Å². The largest absolute Gasteiger partial charge is 0.254 e. The maximum absolute atomic E-state index is 2.45. The van der Waals surface area contributed by atoms with Crippen molar-refractivity contribution in [1.29, 1.82) is 0 Å². The second kappa shape index (κ2) is 10.4. The molecule has 0 N–H and O–H groups in total. The van der Waals surface area contributed by atoms with Crippen LogP contribution >= 0.6 is 0 Å². The number of imidazole rings is 1. The van der Waals surface area contributed by atoms with Gasteiger partial charge in [0.25, 0.3) is 6.33 Å². The summed E-state index contributed by atoms with van der Waals surface area (Å²) in [6.07, 6.45) is 6.83. The van der Waals surface area contributed by atoms with Crippen molar-refractivity contribution in [2.45, 2.75) is 131 Å². The molecule has 0 aliphatic carbocycles. The number of hydrogen-bond donors (Lipinski definition) is 0. The van der Waals surface area contributed by atoms with Gasteiger partial charge in [-0.05, 0) is 45.6 Å². The van der Waals surface area contributed by atoms with Crippen LogP contribution in [0.25, 0.3) is 11.4 Å². The van der Waals surface area contributed by atoms with E-state index in [2.05, 4.69) is 149 Å². The smallest absolute Gasteiger partial charge is 0.201 e. The van der Waals surface area contributed by atoms with Gasteiger partial charge in [0.05, 0.1) is 0 Å². The summed E-state index contributed by atoms with van der Waals surface area (Å²) in [7, 11) is 0. The van der Waals surface area contributed by atoms with Gasteiger partial charge in [-0.25, -0.2) is 9.13 Å². The Hall–Kier alpha value is -2.35. The van der Waals surface area contributed by atoms with Crippen LogP contribution in [-0.2, 0) is 10.8 Å². The second-order valence-corrected chi connectivity index (χ2v) is 14.4. The Labute approximate surface area is 228 Å². The van der Waals surface area contributed by atoms with Crippen LogP contribution in [0.4, 0.5) is 0 Å². The molecule has 0 atom stereocenters. The molecule has 0 aliphatic rings. The third-order valence-corrected chi connectivity index (χ3v) is 7.71. The van der Waals surface area contributed by atoms with E-state index in [1.807, 2.05) is 0 Å². The summed E-state index contributed by atoms with van der Waals surface area (Å²) in [6, 6.07) is 9.81. The predicted molar refractivity (Wildman–Crippen MR) is 161 cm³/mol. The Morgan fingerprint density at radius 2 is 0.919 bits per heavy atom. The van der Waals surface area contributed by atoms with E-state index in [0.717, 1.165) is 0 Å². The number of rotatable bonds is 6. The van der Waals surface area contributed by atoms with E-state index in [4.69, 9.17) is 0 Å². The highest BCUT2D eigenvalue weighted by atomic mass is 15.1. The molecule has 0 aliphatic heterocycles. The van der Waals surface area contributed by atoms with E-state index in [0.29, 0.717) is 23.7 Å². The fraction of sp³-hybridized carbons (Fsp3) is 0.571. The lowest BCUT2D eigenvalue weighted by Crippen LogP contribution is -2.32. The van der Waals surface area contributed by atoms with Crippen LogP contribution in [0.1, 0.15) is 154 Å². The minimum absolute atomic E-state index is 0.121. The lowest BCUT2D eigenvalue weighted by Gasteiger charge is -2.25. The molecule has 2 nitrogen and oxygen atoms in total. The Morgan fingerprint density at radius 3 is 1.24 bits per heavy atom. The van der Waals surface area contributed by atoms with Gasteiger partial charge in [-0.1, -0.05) is 121 Å². The number of benzene rings is 2. The summed E-state index contributed by atoms with van der Waals surface area (Å²) in [6.45, 7) is 32.5. The molecule has 202 valence electrons. The van der Waals surface area contributed by atoms with Crippen LogP contribution in [0.5, 0.6) is 0 Å². The average molecular weight is 502 g/mol. The molecule has 37 heavy (non-hydrogen) atoms. The molecule has 1 aromatic heterocycles. The fourth-order valence-corrected chi connectivity index (χ4v) is 5.20. The Kier molecular flexibility index (Phi) is 8.23. The van der Waals surface area contributed by atoms with Crippen molar-refractivity contribution in [3.63, 3.8) is 0 Å².